The third-order valence-electron chi connectivity index (χ3n) is 2.74. The number of fused-ring (bicyclic) bond motifs is 1. The van der Waals surface area contributed by atoms with Gasteiger partial charge >= 0.3 is 0 Å². The number of aryl methyl sites for hydroxylation is 1. The van der Waals surface area contributed by atoms with Crippen molar-refractivity contribution >= 4 is 22.6 Å². The van der Waals surface area contributed by atoms with Crippen LogP contribution in [0.4, 0.5) is 13.2 Å². The second kappa shape index (κ2) is 5.69. The van der Waals surface area contributed by atoms with E-state index in [-0.39, 0.29) is 11.6 Å². The summed E-state index contributed by atoms with van der Waals surface area (Å²) in [5, 5.41) is 0. The lowest BCUT2D eigenvalue weighted by molar-refractivity contribution is 0.127. The lowest BCUT2D eigenvalue weighted by Crippen LogP contribution is -2.10. The number of aromatic nitrogens is 2. The van der Waals surface area contributed by atoms with Gasteiger partial charge < -0.3 is 9.30 Å². The van der Waals surface area contributed by atoms with Gasteiger partial charge in [0.1, 0.15) is 5.82 Å². The van der Waals surface area contributed by atoms with Gasteiger partial charge in [0.2, 0.25) is 0 Å². The summed E-state index contributed by atoms with van der Waals surface area (Å²) in [6.45, 7) is -0.502. The molecule has 0 radical (unpaired) electrons. The van der Waals surface area contributed by atoms with Gasteiger partial charge in [0, 0.05) is 24.4 Å². The van der Waals surface area contributed by atoms with Crippen molar-refractivity contribution in [3.8, 4) is 5.75 Å². The molecule has 3 nitrogen and oxygen atoms in total. The Balaban J connectivity index is 2.61. The van der Waals surface area contributed by atoms with Crippen molar-refractivity contribution in [2.75, 3.05) is 13.0 Å². The maximum absolute atomic E-state index is 13.6. The number of rotatable bonds is 5. The first-order valence-electron chi connectivity index (χ1n) is 5.63. The van der Waals surface area contributed by atoms with Crippen molar-refractivity contribution in [3.05, 3.63) is 23.8 Å². The van der Waals surface area contributed by atoms with E-state index in [1.54, 1.807) is 0 Å². The Morgan fingerprint density at radius 1 is 1.42 bits per heavy atom. The highest BCUT2D eigenvalue weighted by atomic mass is 35.5. The summed E-state index contributed by atoms with van der Waals surface area (Å²) >= 11 is 5.62. The van der Waals surface area contributed by atoms with E-state index < -0.39 is 18.8 Å². The molecular weight excluding hydrogens is 281 g/mol. The smallest absolute Gasteiger partial charge is 0.256 e. The summed E-state index contributed by atoms with van der Waals surface area (Å²) in [6, 6.07) is 2.55. The normalized spacial score (nSPS) is 11.5. The highest BCUT2D eigenvalue weighted by Gasteiger charge is 2.17. The number of halogens is 4. The molecule has 0 aliphatic heterocycles. The maximum Gasteiger partial charge on any atom is 0.256 e. The predicted molar refractivity (Wildman–Crippen MR) is 66.7 cm³/mol. The number of hydrogen-bond acceptors (Lipinski definition) is 2. The third-order valence-corrected chi connectivity index (χ3v) is 2.93. The van der Waals surface area contributed by atoms with Crippen LogP contribution in [0.15, 0.2) is 12.1 Å². The summed E-state index contributed by atoms with van der Waals surface area (Å²) < 4.78 is 45.0. The molecular formula is C12H12ClF3N2O. The van der Waals surface area contributed by atoms with Gasteiger partial charge in [-0.2, -0.15) is 0 Å². The molecule has 0 aliphatic rings. The van der Waals surface area contributed by atoms with Gasteiger partial charge in [-0.15, -0.1) is 11.6 Å². The number of methoxy groups -OCH3 is 1. The average Bonchev–Trinajstić information content (AvgIpc) is 2.65. The van der Waals surface area contributed by atoms with E-state index in [4.69, 9.17) is 16.3 Å². The fourth-order valence-electron chi connectivity index (χ4n) is 1.95. The van der Waals surface area contributed by atoms with Crippen molar-refractivity contribution in [2.45, 2.75) is 19.4 Å². The fourth-order valence-corrected chi connectivity index (χ4v) is 2.12. The predicted octanol–water partition coefficient (Wildman–Crippen LogP) is 3.23. The second-order valence-corrected chi connectivity index (χ2v) is 4.32. The van der Waals surface area contributed by atoms with E-state index in [2.05, 4.69) is 4.98 Å². The van der Waals surface area contributed by atoms with Gasteiger partial charge in [-0.05, 0) is 0 Å². The molecule has 0 aliphatic carbocycles. The van der Waals surface area contributed by atoms with Gasteiger partial charge in [0.05, 0.1) is 24.7 Å². The topological polar surface area (TPSA) is 27.1 Å². The van der Waals surface area contributed by atoms with Gasteiger partial charge in [-0.25, -0.2) is 18.2 Å². The molecule has 0 spiro atoms. The van der Waals surface area contributed by atoms with Gasteiger partial charge in [0.25, 0.3) is 6.43 Å². The lowest BCUT2D eigenvalue weighted by atomic mass is 10.3. The van der Waals surface area contributed by atoms with Crippen molar-refractivity contribution in [1.82, 2.24) is 9.55 Å². The molecule has 1 heterocycles. The molecule has 7 heteroatoms. The minimum absolute atomic E-state index is 0.000315. The van der Waals surface area contributed by atoms with Crippen LogP contribution in [0.5, 0.6) is 5.75 Å². The van der Waals surface area contributed by atoms with Crippen molar-refractivity contribution in [1.29, 1.82) is 0 Å². The first-order valence-corrected chi connectivity index (χ1v) is 6.17. The van der Waals surface area contributed by atoms with E-state index in [9.17, 15) is 13.2 Å². The van der Waals surface area contributed by atoms with Crippen molar-refractivity contribution < 1.29 is 17.9 Å². The van der Waals surface area contributed by atoms with E-state index in [0.29, 0.717) is 23.3 Å². The van der Waals surface area contributed by atoms with Crippen LogP contribution in [0.25, 0.3) is 11.0 Å². The first-order chi connectivity index (χ1) is 9.06. The van der Waals surface area contributed by atoms with Gasteiger partial charge in [0.15, 0.2) is 11.6 Å². The summed E-state index contributed by atoms with van der Waals surface area (Å²) in [7, 11) is 1.32. The molecule has 19 heavy (non-hydrogen) atoms. The van der Waals surface area contributed by atoms with Gasteiger partial charge in [-0.1, -0.05) is 0 Å². The molecule has 2 rings (SSSR count). The minimum Gasteiger partial charge on any atom is -0.494 e. The van der Waals surface area contributed by atoms with Crippen molar-refractivity contribution in [3.63, 3.8) is 0 Å². The Hall–Kier alpha value is -1.43. The fraction of sp³-hybridized carbons (Fsp3) is 0.417. The molecule has 0 unspecified atom stereocenters. The van der Waals surface area contributed by atoms with Crippen LogP contribution in [0, 0.1) is 5.82 Å². The Morgan fingerprint density at radius 3 is 2.74 bits per heavy atom. The minimum atomic E-state index is -2.53. The Morgan fingerprint density at radius 2 is 2.16 bits per heavy atom. The quantitative estimate of drug-likeness (QED) is 0.791. The van der Waals surface area contributed by atoms with Crippen LogP contribution in [0.2, 0.25) is 0 Å². The lowest BCUT2D eigenvalue weighted by Gasteiger charge is -2.08. The van der Waals surface area contributed by atoms with Crippen LogP contribution >= 0.6 is 11.6 Å². The molecule has 0 fully saturated rings. The number of hydrogen-bond donors (Lipinski definition) is 0. The number of ether oxygens (including phenoxy) is 1. The Kier molecular flexibility index (Phi) is 4.19. The second-order valence-electron chi connectivity index (χ2n) is 3.94. The zero-order valence-corrected chi connectivity index (χ0v) is 10.9. The highest BCUT2D eigenvalue weighted by Crippen LogP contribution is 2.26. The number of nitrogens with zero attached hydrogens (tertiary/aromatic N) is 2. The molecule has 1 aromatic carbocycles. The molecule has 0 atom stereocenters. The Labute approximate surface area is 112 Å². The zero-order valence-electron chi connectivity index (χ0n) is 10.2. The molecule has 0 saturated carbocycles. The van der Waals surface area contributed by atoms with Crippen LogP contribution in [0.1, 0.15) is 5.82 Å². The van der Waals surface area contributed by atoms with Crippen LogP contribution in [0.3, 0.4) is 0 Å². The van der Waals surface area contributed by atoms with E-state index in [1.807, 2.05) is 0 Å². The zero-order chi connectivity index (χ0) is 14.0. The molecule has 0 saturated heterocycles. The summed E-state index contributed by atoms with van der Waals surface area (Å²) in [5.74, 6) is 0.0963. The summed E-state index contributed by atoms with van der Waals surface area (Å²) in [4.78, 5) is 4.14. The molecule has 0 N–H and O–H groups in total. The SMILES string of the molecule is COc1cc2c(cc1F)nc(CCCl)n2CC(F)F. The molecule has 0 amide bonds. The van der Waals surface area contributed by atoms with E-state index in [1.165, 1.54) is 23.8 Å². The van der Waals surface area contributed by atoms with Crippen LogP contribution in [-0.4, -0.2) is 29.0 Å². The summed E-state index contributed by atoms with van der Waals surface area (Å²) in [6.07, 6.45) is -2.19. The van der Waals surface area contributed by atoms with E-state index in [0.717, 1.165) is 0 Å². The van der Waals surface area contributed by atoms with Crippen LogP contribution < -0.4 is 4.74 Å². The highest BCUT2D eigenvalue weighted by molar-refractivity contribution is 6.17. The number of alkyl halides is 3. The number of benzene rings is 1. The number of imidazole rings is 1. The molecule has 1 aromatic heterocycles. The molecule has 104 valence electrons. The first kappa shape index (κ1) is 14.0. The van der Waals surface area contributed by atoms with Gasteiger partial charge in [-0.3, -0.25) is 0 Å². The Bertz CT molecular complexity index is 586. The average molecular weight is 293 g/mol. The third kappa shape index (κ3) is 2.78. The molecule has 2 aromatic rings. The summed E-state index contributed by atoms with van der Waals surface area (Å²) in [5.41, 5.74) is 0.734. The monoisotopic (exact) mass is 292 g/mol. The molecule has 0 bridgehead atoms. The largest absolute Gasteiger partial charge is 0.494 e. The van der Waals surface area contributed by atoms with Crippen molar-refractivity contribution in [2.24, 2.45) is 0 Å². The maximum atomic E-state index is 13.6. The van der Waals surface area contributed by atoms with Crippen LogP contribution in [-0.2, 0) is 13.0 Å². The van der Waals surface area contributed by atoms with E-state index >= 15 is 0 Å². The standard InChI is InChI=1S/C12H12ClF3N2O/c1-19-10-5-9-8(4-7(10)14)17-12(2-3-13)18(9)6-11(15)16/h4-5,11H,2-3,6H2,1H3.